The number of rotatable bonds is 5. The van der Waals surface area contributed by atoms with Crippen LogP contribution in [-0.4, -0.2) is 29.7 Å². The second kappa shape index (κ2) is 8.51. The number of aliphatic hydroxyl groups excluding tert-OH is 1. The molecule has 1 aromatic rings. The molecule has 5 heteroatoms. The summed E-state index contributed by atoms with van der Waals surface area (Å²) in [5.41, 5.74) is 2.43. The molecular weight excluding hydrogens is 300 g/mol. The molecule has 1 aliphatic rings. The first kappa shape index (κ1) is 18.9. The summed E-state index contributed by atoms with van der Waals surface area (Å²) in [6.07, 6.45) is 1.16. The van der Waals surface area contributed by atoms with E-state index < -0.39 is 6.10 Å². The largest absolute Gasteiger partial charge is 0.392 e. The van der Waals surface area contributed by atoms with Crippen LogP contribution in [0.2, 0.25) is 0 Å². The second-order valence-electron chi connectivity index (χ2n) is 6.42. The lowest BCUT2D eigenvalue weighted by Crippen LogP contribution is -2.41. The number of carbonyl (C=O) groups is 1. The predicted octanol–water partition coefficient (Wildman–Crippen LogP) is 2.21. The van der Waals surface area contributed by atoms with E-state index in [1.54, 1.807) is 0 Å². The molecule has 3 atom stereocenters. The van der Waals surface area contributed by atoms with Gasteiger partial charge in [0.15, 0.2) is 0 Å². The van der Waals surface area contributed by atoms with Crippen molar-refractivity contribution in [1.82, 2.24) is 10.6 Å². The van der Waals surface area contributed by atoms with Gasteiger partial charge in [0.1, 0.15) is 0 Å². The van der Waals surface area contributed by atoms with E-state index in [0.29, 0.717) is 18.9 Å². The highest BCUT2D eigenvalue weighted by Crippen LogP contribution is 2.16. The fraction of sp³-hybridized carbons (Fsp3) is 0.588. The van der Waals surface area contributed by atoms with Crippen molar-refractivity contribution in [2.24, 2.45) is 5.92 Å². The normalized spacial score (nSPS) is 22.2. The van der Waals surface area contributed by atoms with Gasteiger partial charge in [-0.25, -0.2) is 0 Å². The van der Waals surface area contributed by atoms with Gasteiger partial charge in [-0.1, -0.05) is 38.1 Å². The minimum absolute atomic E-state index is 0. The molecule has 1 fully saturated rings. The Morgan fingerprint density at radius 1 is 1.32 bits per heavy atom. The highest BCUT2D eigenvalue weighted by Gasteiger charge is 2.28. The summed E-state index contributed by atoms with van der Waals surface area (Å²) in [4.78, 5) is 12.1. The maximum absolute atomic E-state index is 12.1. The number of nitrogens with one attached hydrogen (secondary N) is 2. The fourth-order valence-electron chi connectivity index (χ4n) is 2.73. The zero-order chi connectivity index (χ0) is 15.4. The van der Waals surface area contributed by atoms with Crippen molar-refractivity contribution in [3.8, 4) is 0 Å². The highest BCUT2D eigenvalue weighted by molar-refractivity contribution is 5.85. The van der Waals surface area contributed by atoms with Gasteiger partial charge in [0.05, 0.1) is 18.2 Å². The summed E-state index contributed by atoms with van der Waals surface area (Å²) in [5.74, 6) is 0.609. The summed E-state index contributed by atoms with van der Waals surface area (Å²) in [7, 11) is 0. The Morgan fingerprint density at radius 3 is 2.45 bits per heavy atom. The van der Waals surface area contributed by atoms with Gasteiger partial charge >= 0.3 is 0 Å². The van der Waals surface area contributed by atoms with Crippen LogP contribution in [0.25, 0.3) is 0 Å². The molecule has 0 saturated carbocycles. The summed E-state index contributed by atoms with van der Waals surface area (Å²) < 4.78 is 0. The Bertz CT molecular complexity index is 476. The Labute approximate surface area is 139 Å². The summed E-state index contributed by atoms with van der Waals surface area (Å²) in [6, 6.07) is 8.14. The van der Waals surface area contributed by atoms with Crippen molar-refractivity contribution in [3.05, 3.63) is 35.4 Å². The third kappa shape index (κ3) is 5.27. The molecule has 3 N–H and O–H groups in total. The fourth-order valence-corrected chi connectivity index (χ4v) is 2.73. The van der Waals surface area contributed by atoms with Crippen molar-refractivity contribution < 1.29 is 9.90 Å². The third-order valence-corrected chi connectivity index (χ3v) is 3.91. The van der Waals surface area contributed by atoms with Crippen molar-refractivity contribution in [2.75, 3.05) is 6.54 Å². The first-order valence-corrected chi connectivity index (χ1v) is 7.76. The van der Waals surface area contributed by atoms with E-state index in [4.69, 9.17) is 0 Å². The summed E-state index contributed by atoms with van der Waals surface area (Å²) in [5, 5.41) is 15.5. The smallest absolute Gasteiger partial charge is 0.237 e. The summed E-state index contributed by atoms with van der Waals surface area (Å²) in [6.45, 7) is 6.90. The quantitative estimate of drug-likeness (QED) is 0.777. The molecule has 124 valence electrons. The molecule has 22 heavy (non-hydrogen) atoms. The SMILES string of the molecule is CC(C)Cc1ccc(C(C)NC(=O)C2CC(O)CN2)cc1.Cl. The van der Waals surface area contributed by atoms with Gasteiger partial charge < -0.3 is 15.7 Å². The van der Waals surface area contributed by atoms with Crippen molar-refractivity contribution in [2.45, 2.75) is 51.8 Å². The minimum Gasteiger partial charge on any atom is -0.392 e. The number of amides is 1. The first-order valence-electron chi connectivity index (χ1n) is 7.76. The van der Waals surface area contributed by atoms with Crippen LogP contribution >= 0.6 is 12.4 Å². The molecule has 1 heterocycles. The lowest BCUT2D eigenvalue weighted by atomic mass is 10.00. The number of hydrogen-bond acceptors (Lipinski definition) is 3. The molecule has 2 rings (SSSR count). The van der Waals surface area contributed by atoms with Crippen molar-refractivity contribution in [1.29, 1.82) is 0 Å². The van der Waals surface area contributed by atoms with Crippen LogP contribution in [-0.2, 0) is 11.2 Å². The standard InChI is InChI=1S/C17H26N2O2.ClH/c1-11(2)8-13-4-6-14(7-5-13)12(3)19-17(21)16-9-15(20)10-18-16;/h4-7,11-12,15-16,18,20H,8-10H2,1-3H3,(H,19,21);1H. The lowest BCUT2D eigenvalue weighted by Gasteiger charge is -2.18. The van der Waals surface area contributed by atoms with Gasteiger partial charge in [-0.2, -0.15) is 0 Å². The van der Waals surface area contributed by atoms with Crippen LogP contribution in [0.5, 0.6) is 0 Å². The number of β-amino-alcohol motifs (C(OH)–C–C–N with tert-alkyl or cyclic N) is 1. The molecule has 3 unspecified atom stereocenters. The Balaban J connectivity index is 0.00000242. The number of carbonyl (C=O) groups excluding carboxylic acids is 1. The third-order valence-electron chi connectivity index (χ3n) is 3.91. The van der Waals surface area contributed by atoms with Gasteiger partial charge in [0.2, 0.25) is 5.91 Å². The van der Waals surface area contributed by atoms with Gasteiger partial charge in [-0.3, -0.25) is 4.79 Å². The zero-order valence-corrected chi connectivity index (χ0v) is 14.3. The van der Waals surface area contributed by atoms with Crippen molar-refractivity contribution >= 4 is 18.3 Å². The van der Waals surface area contributed by atoms with Gasteiger partial charge in [0, 0.05) is 6.54 Å². The van der Waals surface area contributed by atoms with E-state index in [1.165, 1.54) is 5.56 Å². The molecule has 1 aliphatic heterocycles. The highest BCUT2D eigenvalue weighted by atomic mass is 35.5. The maximum atomic E-state index is 12.1. The van der Waals surface area contributed by atoms with Crippen LogP contribution < -0.4 is 10.6 Å². The topological polar surface area (TPSA) is 61.4 Å². The number of aliphatic hydroxyl groups is 1. The van der Waals surface area contributed by atoms with Gasteiger partial charge in [0.25, 0.3) is 0 Å². The average molecular weight is 327 g/mol. The van der Waals surface area contributed by atoms with Crippen LogP contribution in [0.3, 0.4) is 0 Å². The molecule has 0 bridgehead atoms. The minimum atomic E-state index is -0.411. The van der Waals surface area contributed by atoms with Gasteiger partial charge in [-0.15, -0.1) is 12.4 Å². The monoisotopic (exact) mass is 326 g/mol. The van der Waals surface area contributed by atoms with Crippen LogP contribution in [0, 0.1) is 5.92 Å². The molecule has 1 amide bonds. The van der Waals surface area contributed by atoms with E-state index in [-0.39, 0.29) is 30.4 Å². The van der Waals surface area contributed by atoms with E-state index >= 15 is 0 Å². The lowest BCUT2D eigenvalue weighted by molar-refractivity contribution is -0.123. The van der Waals surface area contributed by atoms with E-state index in [9.17, 15) is 9.90 Å². The molecule has 0 spiro atoms. The zero-order valence-electron chi connectivity index (χ0n) is 13.5. The number of halogens is 1. The molecule has 1 saturated heterocycles. The molecular formula is C17H27ClN2O2. The molecule has 1 aromatic carbocycles. The maximum Gasteiger partial charge on any atom is 0.237 e. The molecule has 4 nitrogen and oxygen atoms in total. The Morgan fingerprint density at radius 2 is 1.95 bits per heavy atom. The Hall–Kier alpha value is -1.10. The number of benzene rings is 1. The van der Waals surface area contributed by atoms with Crippen LogP contribution in [0.1, 0.15) is 44.4 Å². The molecule has 0 aliphatic carbocycles. The van der Waals surface area contributed by atoms with Gasteiger partial charge in [-0.05, 0) is 36.8 Å². The van der Waals surface area contributed by atoms with Crippen LogP contribution in [0.15, 0.2) is 24.3 Å². The number of hydrogen-bond donors (Lipinski definition) is 3. The molecule has 0 aromatic heterocycles. The van der Waals surface area contributed by atoms with Crippen LogP contribution in [0.4, 0.5) is 0 Å². The van der Waals surface area contributed by atoms with E-state index in [1.807, 2.05) is 6.92 Å². The van der Waals surface area contributed by atoms with Crippen molar-refractivity contribution in [3.63, 3.8) is 0 Å². The van der Waals surface area contributed by atoms with E-state index in [2.05, 4.69) is 48.7 Å². The second-order valence-corrected chi connectivity index (χ2v) is 6.42. The van der Waals surface area contributed by atoms with E-state index in [0.717, 1.165) is 12.0 Å². The molecule has 0 radical (unpaired) electrons. The first-order chi connectivity index (χ1) is 9.95. The average Bonchev–Trinajstić information content (AvgIpc) is 2.85. The Kier molecular flexibility index (Phi) is 7.33. The predicted molar refractivity (Wildman–Crippen MR) is 91.2 cm³/mol. The summed E-state index contributed by atoms with van der Waals surface area (Å²) >= 11 is 0.